The van der Waals surface area contributed by atoms with E-state index >= 15 is 0 Å². The molecule has 0 saturated heterocycles. The van der Waals surface area contributed by atoms with E-state index in [1.807, 2.05) is 18.2 Å². The molecule has 14 heavy (non-hydrogen) atoms. The molecule has 2 heteroatoms. The fraction of sp³-hybridized carbons (Fsp3) is 0.417. The van der Waals surface area contributed by atoms with Crippen molar-refractivity contribution in [3.63, 3.8) is 0 Å². The van der Waals surface area contributed by atoms with E-state index in [-0.39, 0.29) is 0 Å². The lowest BCUT2D eigenvalue weighted by Gasteiger charge is -2.19. The summed E-state index contributed by atoms with van der Waals surface area (Å²) in [5.74, 6) is 0.906. The number of hydrogen-bond acceptors (Lipinski definition) is 2. The van der Waals surface area contributed by atoms with Gasteiger partial charge in [-0.25, -0.2) is 0 Å². The minimum absolute atomic E-state index is 0.906. The first-order valence-electron chi connectivity index (χ1n) is 4.92. The van der Waals surface area contributed by atoms with Crippen LogP contribution in [-0.4, -0.2) is 20.7 Å². The van der Waals surface area contributed by atoms with E-state index < -0.39 is 0 Å². The van der Waals surface area contributed by atoms with Crippen LogP contribution in [0.25, 0.3) is 0 Å². The third-order valence-corrected chi connectivity index (χ3v) is 2.24. The van der Waals surface area contributed by atoms with Gasteiger partial charge in [-0.3, -0.25) is 0 Å². The quantitative estimate of drug-likeness (QED) is 0.711. The Morgan fingerprint density at radius 2 is 2.21 bits per heavy atom. The second-order valence-electron chi connectivity index (χ2n) is 3.33. The standard InChI is InChI=1S/C12H18NO/c1-4-5-9-13(2)11-7-6-8-12(10-11)14-3/h6-8,10H,1,4-5,9H2,2-3H3. The molecule has 1 aromatic rings. The van der Waals surface area contributed by atoms with Crippen molar-refractivity contribution < 1.29 is 4.74 Å². The lowest BCUT2D eigenvalue weighted by Crippen LogP contribution is -2.18. The molecule has 0 aliphatic heterocycles. The Hall–Kier alpha value is -1.18. The van der Waals surface area contributed by atoms with Crippen LogP contribution in [0.15, 0.2) is 24.3 Å². The Labute approximate surface area is 86.5 Å². The van der Waals surface area contributed by atoms with Gasteiger partial charge in [-0.2, -0.15) is 0 Å². The van der Waals surface area contributed by atoms with Crippen molar-refractivity contribution in [3.05, 3.63) is 31.2 Å². The molecule has 0 aromatic heterocycles. The number of rotatable bonds is 5. The van der Waals surface area contributed by atoms with Crippen LogP contribution in [0.5, 0.6) is 5.75 Å². The van der Waals surface area contributed by atoms with Crippen LogP contribution in [0.3, 0.4) is 0 Å². The predicted octanol–water partition coefficient (Wildman–Crippen LogP) is 2.75. The molecule has 1 rings (SSSR count). The summed E-state index contributed by atoms with van der Waals surface area (Å²) in [7, 11) is 3.78. The topological polar surface area (TPSA) is 12.5 Å². The summed E-state index contributed by atoms with van der Waals surface area (Å²) in [6.07, 6.45) is 2.10. The summed E-state index contributed by atoms with van der Waals surface area (Å²) in [4.78, 5) is 2.22. The van der Waals surface area contributed by atoms with Crippen molar-refractivity contribution in [2.75, 3.05) is 25.6 Å². The van der Waals surface area contributed by atoms with Crippen LogP contribution in [0.4, 0.5) is 5.69 Å². The van der Waals surface area contributed by atoms with Crippen molar-refractivity contribution in [2.24, 2.45) is 0 Å². The first-order valence-corrected chi connectivity index (χ1v) is 4.92. The number of anilines is 1. The lowest BCUT2D eigenvalue weighted by molar-refractivity contribution is 0.415. The van der Waals surface area contributed by atoms with Gasteiger partial charge in [0.1, 0.15) is 5.75 Å². The molecule has 0 bridgehead atoms. The van der Waals surface area contributed by atoms with Crippen molar-refractivity contribution in [1.82, 2.24) is 0 Å². The van der Waals surface area contributed by atoms with E-state index in [1.165, 1.54) is 5.69 Å². The van der Waals surface area contributed by atoms with Gasteiger partial charge < -0.3 is 9.64 Å². The highest BCUT2D eigenvalue weighted by molar-refractivity contribution is 5.49. The molecular weight excluding hydrogens is 174 g/mol. The number of ether oxygens (including phenoxy) is 1. The number of unbranched alkanes of at least 4 members (excludes halogenated alkanes) is 1. The van der Waals surface area contributed by atoms with Crippen LogP contribution in [0.1, 0.15) is 12.8 Å². The molecule has 1 aromatic carbocycles. The molecule has 0 unspecified atom stereocenters. The Balaban J connectivity index is 2.64. The van der Waals surface area contributed by atoms with Crippen LogP contribution in [-0.2, 0) is 0 Å². The molecule has 0 amide bonds. The number of nitrogens with zero attached hydrogens (tertiary/aromatic N) is 1. The molecule has 0 atom stereocenters. The lowest BCUT2D eigenvalue weighted by atomic mass is 10.2. The van der Waals surface area contributed by atoms with Gasteiger partial charge in [0.25, 0.3) is 0 Å². The van der Waals surface area contributed by atoms with Crippen molar-refractivity contribution >= 4 is 5.69 Å². The average molecular weight is 192 g/mol. The third-order valence-electron chi connectivity index (χ3n) is 2.24. The highest BCUT2D eigenvalue weighted by Crippen LogP contribution is 2.19. The highest BCUT2D eigenvalue weighted by atomic mass is 16.5. The Kier molecular flexibility index (Phi) is 4.30. The molecule has 0 spiro atoms. The van der Waals surface area contributed by atoms with Crippen LogP contribution < -0.4 is 9.64 Å². The van der Waals surface area contributed by atoms with Gasteiger partial charge in [-0.05, 0) is 18.6 Å². The molecule has 0 N–H and O–H groups in total. The largest absolute Gasteiger partial charge is 0.497 e. The van der Waals surface area contributed by atoms with E-state index in [2.05, 4.69) is 24.9 Å². The summed E-state index contributed by atoms with van der Waals surface area (Å²) < 4.78 is 5.17. The predicted molar refractivity (Wildman–Crippen MR) is 60.9 cm³/mol. The van der Waals surface area contributed by atoms with Gasteiger partial charge in [0, 0.05) is 25.3 Å². The molecule has 0 aliphatic rings. The monoisotopic (exact) mass is 192 g/mol. The van der Waals surface area contributed by atoms with Crippen LogP contribution >= 0.6 is 0 Å². The zero-order valence-electron chi connectivity index (χ0n) is 8.99. The van der Waals surface area contributed by atoms with Gasteiger partial charge in [0.05, 0.1) is 7.11 Å². The SMILES string of the molecule is [CH2]CCCN(C)c1cccc(OC)c1. The maximum atomic E-state index is 5.17. The smallest absolute Gasteiger partial charge is 0.120 e. The Bertz CT molecular complexity index is 273. The minimum Gasteiger partial charge on any atom is -0.497 e. The molecule has 2 nitrogen and oxygen atoms in total. The molecule has 0 fully saturated rings. The molecule has 0 heterocycles. The maximum absolute atomic E-state index is 5.17. The van der Waals surface area contributed by atoms with E-state index in [9.17, 15) is 0 Å². The first-order chi connectivity index (χ1) is 6.77. The molecule has 0 aliphatic carbocycles. The van der Waals surface area contributed by atoms with Crippen LogP contribution in [0, 0.1) is 6.92 Å². The summed E-state index contributed by atoms with van der Waals surface area (Å²) >= 11 is 0. The number of benzene rings is 1. The van der Waals surface area contributed by atoms with Gasteiger partial charge in [-0.15, -0.1) is 0 Å². The molecule has 0 saturated carbocycles. The van der Waals surface area contributed by atoms with Gasteiger partial charge in [-0.1, -0.05) is 19.4 Å². The van der Waals surface area contributed by atoms with Gasteiger partial charge in [0.2, 0.25) is 0 Å². The van der Waals surface area contributed by atoms with Gasteiger partial charge >= 0.3 is 0 Å². The van der Waals surface area contributed by atoms with E-state index in [4.69, 9.17) is 4.74 Å². The fourth-order valence-electron chi connectivity index (χ4n) is 1.33. The molecular formula is C12H18NO. The second-order valence-corrected chi connectivity index (χ2v) is 3.33. The average Bonchev–Trinajstić information content (AvgIpc) is 2.26. The fourth-order valence-corrected chi connectivity index (χ4v) is 1.33. The summed E-state index contributed by atoms with van der Waals surface area (Å²) in [5.41, 5.74) is 1.19. The van der Waals surface area contributed by atoms with E-state index in [0.29, 0.717) is 0 Å². The normalized spacial score (nSPS) is 9.93. The second kappa shape index (κ2) is 5.53. The summed E-state index contributed by atoms with van der Waals surface area (Å²) in [6, 6.07) is 8.10. The van der Waals surface area contributed by atoms with Crippen molar-refractivity contribution in [1.29, 1.82) is 0 Å². The highest BCUT2D eigenvalue weighted by Gasteiger charge is 2.00. The molecule has 1 radical (unpaired) electrons. The van der Waals surface area contributed by atoms with Gasteiger partial charge in [0.15, 0.2) is 0 Å². The van der Waals surface area contributed by atoms with Crippen molar-refractivity contribution in [2.45, 2.75) is 12.8 Å². The summed E-state index contributed by atoms with van der Waals surface area (Å²) in [6.45, 7) is 4.87. The Morgan fingerprint density at radius 3 is 2.86 bits per heavy atom. The minimum atomic E-state index is 0.906. The van der Waals surface area contributed by atoms with Crippen LogP contribution in [0.2, 0.25) is 0 Å². The van der Waals surface area contributed by atoms with E-state index in [0.717, 1.165) is 25.1 Å². The third kappa shape index (κ3) is 2.95. The zero-order valence-corrected chi connectivity index (χ0v) is 8.99. The number of methoxy groups -OCH3 is 1. The van der Waals surface area contributed by atoms with E-state index in [1.54, 1.807) is 7.11 Å². The summed E-state index contributed by atoms with van der Waals surface area (Å²) in [5, 5.41) is 0. The van der Waals surface area contributed by atoms with Crippen molar-refractivity contribution in [3.8, 4) is 5.75 Å². The molecule has 77 valence electrons. The Morgan fingerprint density at radius 1 is 1.43 bits per heavy atom. The maximum Gasteiger partial charge on any atom is 0.120 e. The number of hydrogen-bond donors (Lipinski definition) is 0. The zero-order chi connectivity index (χ0) is 10.4. The first kappa shape index (κ1) is 10.9.